The van der Waals surface area contributed by atoms with E-state index in [0.717, 1.165) is 25.7 Å². The van der Waals surface area contributed by atoms with Gasteiger partial charge in [-0.3, -0.25) is 0 Å². The van der Waals surface area contributed by atoms with Crippen molar-refractivity contribution < 1.29 is 29.3 Å². The topological polar surface area (TPSA) is 93.1 Å². The van der Waals surface area contributed by atoms with Crippen LogP contribution in [0, 0.1) is 0 Å². The number of ether oxygens (including phenoxy) is 2. The van der Waals surface area contributed by atoms with Gasteiger partial charge in [0.25, 0.3) is 0 Å². The first-order valence-corrected chi connectivity index (χ1v) is 5.59. The molecule has 0 aromatic heterocycles. The molecule has 0 heterocycles. The Balaban J connectivity index is 3.41. The summed E-state index contributed by atoms with van der Waals surface area (Å²) < 4.78 is 8.72. The van der Waals surface area contributed by atoms with Crippen LogP contribution in [0.1, 0.15) is 38.5 Å². The molecule has 0 radical (unpaired) electrons. The first-order valence-electron chi connectivity index (χ1n) is 5.59. The van der Waals surface area contributed by atoms with E-state index in [9.17, 15) is 9.59 Å². The Morgan fingerprint density at radius 2 is 1.11 bits per heavy atom. The minimum Gasteiger partial charge on any atom is -0.449 e. The van der Waals surface area contributed by atoms with Crippen LogP contribution in [0.5, 0.6) is 0 Å². The zero-order valence-electron chi connectivity index (χ0n) is 10.2. The van der Waals surface area contributed by atoms with Crippen LogP contribution in [0.4, 0.5) is 9.59 Å². The van der Waals surface area contributed by atoms with E-state index in [2.05, 4.69) is 22.6 Å². The molecule has 6 nitrogen and oxygen atoms in total. The fraction of sp³-hybridized carbons (Fsp3) is 0.500. The molecular formula is C12H18O6. The summed E-state index contributed by atoms with van der Waals surface area (Å²) >= 11 is 0. The minimum atomic E-state index is -1.35. The van der Waals surface area contributed by atoms with E-state index in [0.29, 0.717) is 12.8 Å². The van der Waals surface area contributed by atoms with E-state index in [-0.39, 0.29) is 11.5 Å². The summed E-state index contributed by atoms with van der Waals surface area (Å²) in [5.74, 6) is 0.474. The van der Waals surface area contributed by atoms with Crippen LogP contribution in [0.3, 0.4) is 0 Å². The van der Waals surface area contributed by atoms with E-state index < -0.39 is 12.3 Å². The standard InChI is InChI=1S/C12H18O6/c1-9(17-11(13)14)7-5-3-4-6-8-10(2)18-12(15)16/h1-8H2,(H,13,14)(H,15,16). The Labute approximate surface area is 106 Å². The fourth-order valence-electron chi connectivity index (χ4n) is 1.35. The van der Waals surface area contributed by atoms with Crippen LogP contribution >= 0.6 is 0 Å². The maximum atomic E-state index is 10.2. The Morgan fingerprint density at radius 3 is 1.39 bits per heavy atom. The molecule has 0 bridgehead atoms. The highest BCUT2D eigenvalue weighted by Gasteiger charge is 2.03. The number of allylic oxidation sites excluding steroid dienone is 2. The molecule has 0 atom stereocenters. The third-order valence-corrected chi connectivity index (χ3v) is 2.12. The zero-order valence-corrected chi connectivity index (χ0v) is 10.2. The third kappa shape index (κ3) is 10.5. The third-order valence-electron chi connectivity index (χ3n) is 2.12. The second kappa shape index (κ2) is 9.09. The molecule has 0 aromatic rings. The summed E-state index contributed by atoms with van der Waals surface area (Å²) in [4.78, 5) is 20.3. The molecule has 0 aliphatic rings. The van der Waals surface area contributed by atoms with Crippen molar-refractivity contribution >= 4 is 12.3 Å². The zero-order chi connectivity index (χ0) is 14.0. The lowest BCUT2D eigenvalue weighted by atomic mass is 10.1. The van der Waals surface area contributed by atoms with Gasteiger partial charge < -0.3 is 19.7 Å². The molecule has 0 aliphatic carbocycles. The molecule has 102 valence electrons. The minimum absolute atomic E-state index is 0.237. The van der Waals surface area contributed by atoms with Gasteiger partial charge in [-0.25, -0.2) is 9.59 Å². The van der Waals surface area contributed by atoms with Crippen molar-refractivity contribution in [2.24, 2.45) is 0 Å². The van der Waals surface area contributed by atoms with Gasteiger partial charge in [0.2, 0.25) is 0 Å². The summed E-state index contributed by atoms with van der Waals surface area (Å²) in [6.45, 7) is 6.94. The van der Waals surface area contributed by atoms with Crippen molar-refractivity contribution in [3.8, 4) is 0 Å². The largest absolute Gasteiger partial charge is 0.510 e. The molecule has 6 heteroatoms. The normalized spacial score (nSPS) is 9.56. The molecule has 0 unspecified atom stereocenters. The summed E-state index contributed by atoms with van der Waals surface area (Å²) in [7, 11) is 0. The fourth-order valence-corrected chi connectivity index (χ4v) is 1.35. The highest BCUT2D eigenvalue weighted by molar-refractivity contribution is 5.58. The number of unbranched alkanes of at least 4 members (excludes halogenated alkanes) is 3. The van der Waals surface area contributed by atoms with Crippen molar-refractivity contribution in [3.05, 3.63) is 24.7 Å². The van der Waals surface area contributed by atoms with Crippen LogP contribution in [0.2, 0.25) is 0 Å². The number of rotatable bonds is 9. The maximum absolute atomic E-state index is 10.2. The Kier molecular flexibility index (Phi) is 8.09. The van der Waals surface area contributed by atoms with Gasteiger partial charge in [-0.2, -0.15) is 0 Å². The summed E-state index contributed by atoms with van der Waals surface area (Å²) in [5.41, 5.74) is 0. The lowest BCUT2D eigenvalue weighted by Crippen LogP contribution is -1.99. The van der Waals surface area contributed by atoms with E-state index in [1.54, 1.807) is 0 Å². The van der Waals surface area contributed by atoms with Crippen molar-refractivity contribution in [2.75, 3.05) is 0 Å². The molecule has 0 aromatic carbocycles. The highest BCUT2D eigenvalue weighted by Crippen LogP contribution is 2.13. The summed E-state index contributed by atoms with van der Waals surface area (Å²) in [5, 5.41) is 16.6. The molecule has 0 rings (SSSR count). The number of hydrogen-bond donors (Lipinski definition) is 2. The number of hydrogen-bond acceptors (Lipinski definition) is 4. The molecule has 2 N–H and O–H groups in total. The monoisotopic (exact) mass is 258 g/mol. The molecule has 0 spiro atoms. The second-order valence-electron chi connectivity index (χ2n) is 3.73. The summed E-state index contributed by atoms with van der Waals surface area (Å²) in [6.07, 6.45) is 1.61. The van der Waals surface area contributed by atoms with Gasteiger partial charge in [0.15, 0.2) is 0 Å². The lowest BCUT2D eigenvalue weighted by molar-refractivity contribution is 0.114. The van der Waals surface area contributed by atoms with Crippen molar-refractivity contribution in [1.29, 1.82) is 0 Å². The Hall–Kier alpha value is -1.98. The van der Waals surface area contributed by atoms with Crippen LogP contribution in [-0.2, 0) is 9.47 Å². The molecule has 18 heavy (non-hydrogen) atoms. The van der Waals surface area contributed by atoms with E-state index >= 15 is 0 Å². The van der Waals surface area contributed by atoms with Gasteiger partial charge in [0.05, 0.1) is 0 Å². The van der Waals surface area contributed by atoms with Gasteiger partial charge in [0, 0.05) is 12.8 Å². The SMILES string of the molecule is C=C(CCCCCCC(=C)OC(=O)O)OC(=O)O. The molecule has 0 amide bonds. The van der Waals surface area contributed by atoms with E-state index in [4.69, 9.17) is 10.2 Å². The number of carboxylic acid groups (broad SMARTS) is 2. The van der Waals surface area contributed by atoms with Crippen LogP contribution in [-0.4, -0.2) is 22.5 Å². The van der Waals surface area contributed by atoms with Gasteiger partial charge in [-0.1, -0.05) is 26.0 Å². The van der Waals surface area contributed by atoms with Crippen molar-refractivity contribution in [2.45, 2.75) is 38.5 Å². The first-order chi connectivity index (χ1) is 8.41. The van der Waals surface area contributed by atoms with E-state index in [1.165, 1.54) is 0 Å². The molecule has 0 aliphatic heterocycles. The lowest BCUT2D eigenvalue weighted by Gasteiger charge is -2.05. The highest BCUT2D eigenvalue weighted by atomic mass is 16.7. The predicted octanol–water partition coefficient (Wildman–Crippen LogP) is 3.74. The van der Waals surface area contributed by atoms with Crippen molar-refractivity contribution in [3.63, 3.8) is 0 Å². The maximum Gasteiger partial charge on any atom is 0.510 e. The molecule has 0 saturated heterocycles. The summed E-state index contributed by atoms with van der Waals surface area (Å²) in [6, 6.07) is 0. The second-order valence-corrected chi connectivity index (χ2v) is 3.73. The quantitative estimate of drug-likeness (QED) is 0.371. The Bertz CT molecular complexity index is 289. The molecular weight excluding hydrogens is 240 g/mol. The van der Waals surface area contributed by atoms with Crippen molar-refractivity contribution in [1.82, 2.24) is 0 Å². The average Bonchev–Trinajstić information content (AvgIpc) is 2.20. The number of carbonyl (C=O) groups is 2. The van der Waals surface area contributed by atoms with Gasteiger partial charge in [0.1, 0.15) is 11.5 Å². The van der Waals surface area contributed by atoms with Crippen LogP contribution < -0.4 is 0 Å². The molecule has 0 saturated carbocycles. The average molecular weight is 258 g/mol. The predicted molar refractivity (Wildman–Crippen MR) is 64.2 cm³/mol. The van der Waals surface area contributed by atoms with Crippen LogP contribution in [0.15, 0.2) is 24.7 Å². The first kappa shape index (κ1) is 16.0. The van der Waals surface area contributed by atoms with Gasteiger partial charge >= 0.3 is 12.3 Å². The van der Waals surface area contributed by atoms with Crippen LogP contribution in [0.25, 0.3) is 0 Å². The smallest absolute Gasteiger partial charge is 0.449 e. The van der Waals surface area contributed by atoms with Gasteiger partial charge in [-0.05, 0) is 12.8 Å². The van der Waals surface area contributed by atoms with E-state index in [1.807, 2.05) is 0 Å². The molecule has 0 fully saturated rings. The van der Waals surface area contributed by atoms with Gasteiger partial charge in [-0.15, -0.1) is 0 Å². The Morgan fingerprint density at radius 1 is 0.778 bits per heavy atom.